The Hall–Kier alpha value is -2.59. The van der Waals surface area contributed by atoms with E-state index < -0.39 is 0 Å². The number of fused-ring (bicyclic) bond motifs is 1. The largest absolute Gasteiger partial charge is 0.362 e. The average Bonchev–Trinajstić information content (AvgIpc) is 2.65. The first-order chi connectivity index (χ1) is 14.1. The zero-order chi connectivity index (χ0) is 22.1. The minimum absolute atomic E-state index is 0.0174. The van der Waals surface area contributed by atoms with Crippen LogP contribution in [0.4, 0.5) is 5.69 Å². The van der Waals surface area contributed by atoms with Gasteiger partial charge in [-0.15, -0.1) is 0 Å². The average molecular weight is 424 g/mol. The van der Waals surface area contributed by atoms with E-state index in [0.29, 0.717) is 10.6 Å². The van der Waals surface area contributed by atoms with Crippen LogP contribution < -0.4 is 10.3 Å². The molecule has 0 aliphatic carbocycles. The van der Waals surface area contributed by atoms with E-state index in [1.807, 2.05) is 13.0 Å². The van der Waals surface area contributed by atoms with Crippen molar-refractivity contribution in [1.82, 2.24) is 5.43 Å². The van der Waals surface area contributed by atoms with Crippen LogP contribution in [-0.2, 0) is 0 Å². The lowest BCUT2D eigenvalue weighted by atomic mass is 9.87. The highest BCUT2D eigenvalue weighted by Gasteiger charge is 2.31. The maximum Gasteiger partial charge on any atom is 0.272 e. The van der Waals surface area contributed by atoms with Gasteiger partial charge in [-0.3, -0.25) is 4.79 Å². The number of aryl methyl sites for hydroxylation is 2. The number of benzene rings is 2. The first-order valence-electron chi connectivity index (χ1n) is 10.4. The van der Waals surface area contributed by atoms with E-state index >= 15 is 0 Å². The maximum absolute atomic E-state index is 12.4. The molecule has 0 saturated carbocycles. The van der Waals surface area contributed by atoms with Gasteiger partial charge in [0, 0.05) is 17.8 Å². The van der Waals surface area contributed by atoms with Crippen molar-refractivity contribution in [3.63, 3.8) is 0 Å². The summed E-state index contributed by atoms with van der Waals surface area (Å²) in [6.07, 6.45) is 5.11. The topological polar surface area (TPSA) is 44.7 Å². The van der Waals surface area contributed by atoms with E-state index in [0.717, 1.165) is 29.7 Å². The van der Waals surface area contributed by atoms with Gasteiger partial charge in [-0.05, 0) is 87.6 Å². The van der Waals surface area contributed by atoms with Gasteiger partial charge in [-0.2, -0.15) is 5.10 Å². The number of allylic oxidation sites excluding steroid dienone is 1. The Bertz CT molecular complexity index is 1040. The lowest BCUT2D eigenvalue weighted by molar-refractivity contribution is 0.0955. The fraction of sp³-hybridized carbons (Fsp3) is 0.360. The molecule has 0 saturated heterocycles. The van der Waals surface area contributed by atoms with Crippen LogP contribution in [0.15, 0.2) is 41.5 Å². The Labute approximate surface area is 184 Å². The molecule has 158 valence electrons. The normalized spacial score (nSPS) is 15.2. The molecule has 30 heavy (non-hydrogen) atoms. The molecule has 1 amide bonds. The van der Waals surface area contributed by atoms with Crippen LogP contribution in [0.25, 0.3) is 5.57 Å². The maximum atomic E-state index is 12.4. The molecule has 0 radical (unpaired) electrons. The van der Waals surface area contributed by atoms with Crippen LogP contribution in [0.1, 0.15) is 66.7 Å². The second kappa shape index (κ2) is 8.65. The molecule has 1 aliphatic heterocycles. The fourth-order valence-corrected chi connectivity index (χ4v) is 4.36. The quantitative estimate of drug-likeness (QED) is 0.464. The number of halogens is 1. The second-order valence-corrected chi connectivity index (χ2v) is 8.95. The molecule has 0 unspecified atom stereocenters. The van der Waals surface area contributed by atoms with Gasteiger partial charge in [-0.25, -0.2) is 5.43 Å². The summed E-state index contributed by atoms with van der Waals surface area (Å²) in [7, 11) is 0. The van der Waals surface area contributed by atoms with Crippen molar-refractivity contribution in [3.8, 4) is 0 Å². The van der Waals surface area contributed by atoms with Gasteiger partial charge in [-0.1, -0.05) is 30.7 Å². The van der Waals surface area contributed by atoms with Crippen molar-refractivity contribution >= 4 is 35.0 Å². The molecule has 2 aromatic carbocycles. The highest BCUT2D eigenvalue weighted by molar-refractivity contribution is 6.33. The Morgan fingerprint density at radius 3 is 2.60 bits per heavy atom. The molecular weight excluding hydrogens is 394 g/mol. The predicted octanol–water partition coefficient (Wildman–Crippen LogP) is 6.13. The summed E-state index contributed by atoms with van der Waals surface area (Å²) in [5.41, 5.74) is 9.82. The Morgan fingerprint density at radius 2 is 1.93 bits per heavy atom. The van der Waals surface area contributed by atoms with Crippen LogP contribution in [-0.4, -0.2) is 24.2 Å². The molecule has 1 heterocycles. The molecular formula is C25H30ClN3O. The summed E-state index contributed by atoms with van der Waals surface area (Å²) in [5, 5.41) is 4.61. The fourth-order valence-electron chi connectivity index (χ4n) is 4.04. The van der Waals surface area contributed by atoms with E-state index in [-0.39, 0.29) is 11.4 Å². The van der Waals surface area contributed by atoms with Gasteiger partial charge in [0.05, 0.1) is 22.3 Å². The summed E-state index contributed by atoms with van der Waals surface area (Å²) in [6, 6.07) is 9.72. The standard InChI is InChI=1S/C25H30ClN3O/c1-7-10-29-23-12-17(3)19(13-21(23)18(4)14-25(29,5)6)15-27-28-24(30)20-9-8-16(2)11-22(20)26/h8-9,11-15H,7,10H2,1-6H3,(H,28,30)/b27-15-. The molecule has 0 spiro atoms. The number of nitrogens with one attached hydrogen (secondary N) is 1. The zero-order valence-corrected chi connectivity index (χ0v) is 19.4. The summed E-state index contributed by atoms with van der Waals surface area (Å²) >= 11 is 6.18. The smallest absolute Gasteiger partial charge is 0.272 e. The number of hydrazone groups is 1. The molecule has 4 nitrogen and oxygen atoms in total. The third-order valence-corrected chi connectivity index (χ3v) is 5.86. The van der Waals surface area contributed by atoms with E-state index in [1.165, 1.54) is 16.8 Å². The van der Waals surface area contributed by atoms with Gasteiger partial charge in [0.1, 0.15) is 0 Å². The van der Waals surface area contributed by atoms with Gasteiger partial charge < -0.3 is 4.90 Å². The van der Waals surface area contributed by atoms with Crippen LogP contribution in [0.5, 0.6) is 0 Å². The first-order valence-corrected chi connectivity index (χ1v) is 10.7. The SMILES string of the molecule is CCCN1c2cc(C)c(/C=N\NC(=O)c3ccc(C)cc3Cl)cc2C(C)=CC1(C)C. The highest BCUT2D eigenvalue weighted by Crippen LogP contribution is 2.40. The third kappa shape index (κ3) is 4.44. The number of amides is 1. The number of hydrogen-bond acceptors (Lipinski definition) is 3. The Balaban J connectivity index is 1.86. The molecule has 3 rings (SSSR count). The number of carbonyl (C=O) groups excluding carboxylic acids is 1. The number of hydrogen-bond donors (Lipinski definition) is 1. The predicted molar refractivity (Wildman–Crippen MR) is 128 cm³/mol. The van der Waals surface area contributed by atoms with Crippen molar-refractivity contribution in [2.45, 2.75) is 53.5 Å². The van der Waals surface area contributed by atoms with Crippen molar-refractivity contribution in [2.75, 3.05) is 11.4 Å². The van der Waals surface area contributed by atoms with Crippen molar-refractivity contribution in [1.29, 1.82) is 0 Å². The first kappa shape index (κ1) is 22.1. The van der Waals surface area contributed by atoms with Crippen LogP contribution in [0.2, 0.25) is 5.02 Å². The van der Waals surface area contributed by atoms with Crippen LogP contribution in [0.3, 0.4) is 0 Å². The summed E-state index contributed by atoms with van der Waals surface area (Å²) in [5.74, 6) is -0.321. The van der Waals surface area contributed by atoms with Crippen LogP contribution in [0, 0.1) is 13.8 Å². The molecule has 1 N–H and O–H groups in total. The minimum Gasteiger partial charge on any atom is -0.362 e. The van der Waals surface area contributed by atoms with Crippen LogP contribution >= 0.6 is 11.6 Å². The minimum atomic E-state index is -0.321. The Kier molecular flexibility index (Phi) is 6.37. The highest BCUT2D eigenvalue weighted by atomic mass is 35.5. The Morgan fingerprint density at radius 1 is 1.20 bits per heavy atom. The van der Waals surface area contributed by atoms with Crippen molar-refractivity contribution in [2.24, 2.45) is 5.10 Å². The molecule has 0 aromatic heterocycles. The summed E-state index contributed by atoms with van der Waals surface area (Å²) in [6.45, 7) is 13.9. The third-order valence-electron chi connectivity index (χ3n) is 5.55. The molecule has 2 aromatic rings. The molecule has 0 fully saturated rings. The van der Waals surface area contributed by atoms with E-state index in [9.17, 15) is 4.79 Å². The van der Waals surface area contributed by atoms with Gasteiger partial charge in [0.2, 0.25) is 0 Å². The van der Waals surface area contributed by atoms with Crippen molar-refractivity contribution in [3.05, 3.63) is 69.2 Å². The molecule has 5 heteroatoms. The lowest BCUT2D eigenvalue weighted by Gasteiger charge is -2.43. The summed E-state index contributed by atoms with van der Waals surface area (Å²) < 4.78 is 0. The van der Waals surface area contributed by atoms with Crippen molar-refractivity contribution < 1.29 is 4.79 Å². The van der Waals surface area contributed by atoms with E-state index in [1.54, 1.807) is 18.3 Å². The van der Waals surface area contributed by atoms with E-state index in [4.69, 9.17) is 11.6 Å². The number of anilines is 1. The lowest BCUT2D eigenvalue weighted by Crippen LogP contribution is -2.45. The molecule has 0 atom stereocenters. The second-order valence-electron chi connectivity index (χ2n) is 8.54. The van der Waals surface area contributed by atoms with Gasteiger partial charge >= 0.3 is 0 Å². The monoisotopic (exact) mass is 423 g/mol. The number of carbonyl (C=O) groups is 1. The number of rotatable bonds is 5. The molecule has 1 aliphatic rings. The van der Waals surface area contributed by atoms with E-state index in [2.05, 4.69) is 68.3 Å². The summed E-state index contributed by atoms with van der Waals surface area (Å²) in [4.78, 5) is 14.9. The molecule has 0 bridgehead atoms. The van der Waals surface area contributed by atoms with Gasteiger partial charge in [0.15, 0.2) is 0 Å². The zero-order valence-electron chi connectivity index (χ0n) is 18.6. The number of nitrogens with zero attached hydrogens (tertiary/aromatic N) is 2. The van der Waals surface area contributed by atoms with Gasteiger partial charge in [0.25, 0.3) is 5.91 Å².